The van der Waals surface area contributed by atoms with E-state index in [9.17, 15) is 4.39 Å². The van der Waals surface area contributed by atoms with Gasteiger partial charge in [-0.1, -0.05) is 15.9 Å². The molecule has 2 N–H and O–H groups in total. The molecule has 1 aromatic carbocycles. The van der Waals surface area contributed by atoms with Crippen LogP contribution in [0.2, 0.25) is 0 Å². The molecule has 0 aliphatic carbocycles. The van der Waals surface area contributed by atoms with Gasteiger partial charge in [0.1, 0.15) is 11.6 Å². The Bertz CT molecular complexity index is 419. The van der Waals surface area contributed by atoms with Crippen molar-refractivity contribution in [1.82, 2.24) is 0 Å². The van der Waals surface area contributed by atoms with E-state index in [-0.39, 0.29) is 5.82 Å². The van der Waals surface area contributed by atoms with E-state index in [1.54, 1.807) is 12.1 Å². The molecule has 1 atom stereocenters. The highest BCUT2D eigenvalue weighted by Gasteiger charge is 2.19. The molecule has 86 valence electrons. The van der Waals surface area contributed by atoms with Gasteiger partial charge in [-0.15, -0.1) is 0 Å². The standard InChI is InChI=1S/C12H13BrFNO/c13-8-4-5-10(14)9(7-8)12(15)11-3-1-2-6-16-11/h3-5,7,12H,1-2,6,15H2. The lowest BCUT2D eigenvalue weighted by atomic mass is 10.0. The first-order valence-corrected chi connectivity index (χ1v) is 6.01. The van der Waals surface area contributed by atoms with Gasteiger partial charge in [-0.25, -0.2) is 4.39 Å². The predicted molar refractivity (Wildman–Crippen MR) is 64.3 cm³/mol. The first-order valence-electron chi connectivity index (χ1n) is 5.22. The molecule has 0 amide bonds. The molecular weight excluding hydrogens is 273 g/mol. The van der Waals surface area contributed by atoms with E-state index in [1.807, 2.05) is 6.08 Å². The summed E-state index contributed by atoms with van der Waals surface area (Å²) >= 11 is 3.31. The van der Waals surface area contributed by atoms with Gasteiger partial charge in [0.2, 0.25) is 0 Å². The number of ether oxygens (including phenoxy) is 1. The third-order valence-corrected chi connectivity index (χ3v) is 3.06. The minimum atomic E-state index is -0.516. The van der Waals surface area contributed by atoms with Crippen molar-refractivity contribution < 1.29 is 9.13 Å². The number of rotatable bonds is 2. The summed E-state index contributed by atoms with van der Waals surface area (Å²) in [7, 11) is 0. The maximum absolute atomic E-state index is 13.6. The van der Waals surface area contributed by atoms with Crippen molar-refractivity contribution in [2.75, 3.05) is 6.61 Å². The van der Waals surface area contributed by atoms with Crippen LogP contribution in [-0.2, 0) is 4.74 Å². The maximum Gasteiger partial charge on any atom is 0.128 e. The number of hydrogen-bond donors (Lipinski definition) is 1. The molecule has 0 spiro atoms. The predicted octanol–water partition coefficient (Wildman–Crippen LogP) is 3.28. The first kappa shape index (κ1) is 11.6. The van der Waals surface area contributed by atoms with E-state index in [4.69, 9.17) is 10.5 Å². The van der Waals surface area contributed by atoms with Crippen molar-refractivity contribution in [3.8, 4) is 0 Å². The van der Waals surface area contributed by atoms with Crippen molar-refractivity contribution in [1.29, 1.82) is 0 Å². The zero-order chi connectivity index (χ0) is 11.5. The summed E-state index contributed by atoms with van der Waals surface area (Å²) in [5.74, 6) is 0.369. The van der Waals surface area contributed by atoms with Crippen molar-refractivity contribution in [2.45, 2.75) is 18.9 Å². The highest BCUT2D eigenvalue weighted by Crippen LogP contribution is 2.27. The third-order valence-electron chi connectivity index (χ3n) is 2.56. The second-order valence-corrected chi connectivity index (χ2v) is 4.66. The van der Waals surface area contributed by atoms with E-state index in [0.29, 0.717) is 17.9 Å². The fraction of sp³-hybridized carbons (Fsp3) is 0.333. The monoisotopic (exact) mass is 285 g/mol. The summed E-state index contributed by atoms with van der Waals surface area (Å²) in [4.78, 5) is 0. The van der Waals surface area contributed by atoms with Crippen LogP contribution in [0.15, 0.2) is 34.5 Å². The second kappa shape index (κ2) is 4.97. The van der Waals surface area contributed by atoms with Crippen molar-refractivity contribution in [3.63, 3.8) is 0 Å². The average Bonchev–Trinajstić information content (AvgIpc) is 2.32. The molecule has 1 unspecified atom stereocenters. The fourth-order valence-corrected chi connectivity index (χ4v) is 2.08. The lowest BCUT2D eigenvalue weighted by molar-refractivity contribution is 0.175. The van der Waals surface area contributed by atoms with Gasteiger partial charge in [-0.3, -0.25) is 0 Å². The second-order valence-electron chi connectivity index (χ2n) is 3.74. The number of allylic oxidation sites excluding steroid dienone is 1. The highest BCUT2D eigenvalue weighted by molar-refractivity contribution is 9.10. The molecule has 2 rings (SSSR count). The Kier molecular flexibility index (Phi) is 3.61. The zero-order valence-electron chi connectivity index (χ0n) is 8.75. The largest absolute Gasteiger partial charge is 0.496 e. The molecule has 0 fully saturated rings. The molecule has 0 radical (unpaired) electrons. The van der Waals surface area contributed by atoms with Crippen LogP contribution in [0.1, 0.15) is 24.4 Å². The average molecular weight is 286 g/mol. The van der Waals surface area contributed by atoms with E-state index in [2.05, 4.69) is 15.9 Å². The molecule has 1 heterocycles. The van der Waals surface area contributed by atoms with Crippen LogP contribution in [0.3, 0.4) is 0 Å². The van der Waals surface area contributed by atoms with Crippen LogP contribution in [-0.4, -0.2) is 6.61 Å². The van der Waals surface area contributed by atoms with Crippen LogP contribution in [0, 0.1) is 5.82 Å². The molecule has 0 saturated heterocycles. The Morgan fingerprint density at radius 3 is 2.94 bits per heavy atom. The highest BCUT2D eigenvalue weighted by atomic mass is 79.9. The molecular formula is C12H13BrFNO. The van der Waals surface area contributed by atoms with Crippen molar-refractivity contribution >= 4 is 15.9 Å². The molecule has 0 bridgehead atoms. The summed E-state index contributed by atoms with van der Waals surface area (Å²) in [5.41, 5.74) is 6.45. The quantitative estimate of drug-likeness (QED) is 0.905. The van der Waals surface area contributed by atoms with Gasteiger partial charge in [0, 0.05) is 10.0 Å². The Hall–Kier alpha value is -0.870. The normalized spacial score (nSPS) is 17.6. The summed E-state index contributed by atoms with van der Waals surface area (Å²) in [5, 5.41) is 0. The van der Waals surface area contributed by atoms with Gasteiger partial charge in [0.25, 0.3) is 0 Å². The first-order chi connectivity index (χ1) is 7.68. The van der Waals surface area contributed by atoms with Crippen LogP contribution >= 0.6 is 15.9 Å². The Morgan fingerprint density at radius 2 is 2.25 bits per heavy atom. The van der Waals surface area contributed by atoms with Gasteiger partial charge in [-0.05, 0) is 37.1 Å². The summed E-state index contributed by atoms with van der Waals surface area (Å²) < 4.78 is 19.9. The Balaban J connectivity index is 2.29. The summed E-state index contributed by atoms with van der Waals surface area (Å²) in [6.07, 6.45) is 3.88. The number of hydrogen-bond acceptors (Lipinski definition) is 2. The van der Waals surface area contributed by atoms with E-state index >= 15 is 0 Å². The molecule has 1 aromatic rings. The van der Waals surface area contributed by atoms with Gasteiger partial charge >= 0.3 is 0 Å². The van der Waals surface area contributed by atoms with Crippen LogP contribution in [0.25, 0.3) is 0 Å². The molecule has 1 aliphatic rings. The lowest BCUT2D eigenvalue weighted by Crippen LogP contribution is -2.19. The molecule has 2 nitrogen and oxygen atoms in total. The maximum atomic E-state index is 13.6. The lowest BCUT2D eigenvalue weighted by Gasteiger charge is -2.21. The van der Waals surface area contributed by atoms with Crippen LogP contribution in [0.4, 0.5) is 4.39 Å². The summed E-state index contributed by atoms with van der Waals surface area (Å²) in [6, 6.07) is 4.24. The zero-order valence-corrected chi connectivity index (χ0v) is 10.3. The Morgan fingerprint density at radius 1 is 1.44 bits per heavy atom. The number of nitrogens with two attached hydrogens (primary N) is 1. The van der Waals surface area contributed by atoms with Gasteiger partial charge in [0.15, 0.2) is 0 Å². The SMILES string of the molecule is NC(C1=CCCCO1)c1cc(Br)ccc1F. The van der Waals surface area contributed by atoms with E-state index in [0.717, 1.165) is 17.3 Å². The fourth-order valence-electron chi connectivity index (χ4n) is 1.70. The topological polar surface area (TPSA) is 35.2 Å². The van der Waals surface area contributed by atoms with E-state index < -0.39 is 6.04 Å². The molecule has 0 saturated carbocycles. The molecule has 1 aliphatic heterocycles. The third kappa shape index (κ3) is 2.44. The number of benzene rings is 1. The minimum Gasteiger partial charge on any atom is -0.496 e. The summed E-state index contributed by atoms with van der Waals surface area (Å²) in [6.45, 7) is 0.662. The minimum absolute atomic E-state index is 0.300. The van der Waals surface area contributed by atoms with Gasteiger partial charge in [-0.2, -0.15) is 0 Å². The van der Waals surface area contributed by atoms with Gasteiger partial charge in [0.05, 0.1) is 12.6 Å². The Labute approximate surface area is 102 Å². The molecule has 16 heavy (non-hydrogen) atoms. The smallest absolute Gasteiger partial charge is 0.128 e. The number of halogens is 2. The molecule has 4 heteroatoms. The van der Waals surface area contributed by atoms with Crippen LogP contribution in [0.5, 0.6) is 0 Å². The van der Waals surface area contributed by atoms with E-state index in [1.165, 1.54) is 6.07 Å². The van der Waals surface area contributed by atoms with Crippen molar-refractivity contribution in [2.24, 2.45) is 5.73 Å². The van der Waals surface area contributed by atoms with Gasteiger partial charge < -0.3 is 10.5 Å². The van der Waals surface area contributed by atoms with Crippen molar-refractivity contribution in [3.05, 3.63) is 45.9 Å². The molecule has 0 aromatic heterocycles. The van der Waals surface area contributed by atoms with Crippen LogP contribution < -0.4 is 5.73 Å².